The maximum absolute atomic E-state index is 12.2. The first-order chi connectivity index (χ1) is 12.1. The van der Waals surface area contributed by atoms with E-state index in [0.29, 0.717) is 26.6 Å². The van der Waals surface area contributed by atoms with Gasteiger partial charge in [-0.3, -0.25) is 4.79 Å². The quantitative estimate of drug-likeness (QED) is 0.666. The van der Waals surface area contributed by atoms with Gasteiger partial charge in [-0.1, -0.05) is 17.7 Å². The SMILES string of the molecule is Cc1nc2ccc(C=C3SC(=Nc4ccc(Cl)cc4)NC3=O)cc2o1. The van der Waals surface area contributed by atoms with Crippen LogP contribution >= 0.6 is 23.4 Å². The molecule has 1 aliphatic rings. The molecule has 1 saturated heterocycles. The molecule has 0 spiro atoms. The zero-order valence-corrected chi connectivity index (χ0v) is 14.7. The van der Waals surface area contributed by atoms with Gasteiger partial charge in [0.25, 0.3) is 5.91 Å². The molecule has 0 saturated carbocycles. The number of rotatable bonds is 2. The highest BCUT2D eigenvalue weighted by molar-refractivity contribution is 8.18. The van der Waals surface area contributed by atoms with Gasteiger partial charge in [-0.25, -0.2) is 9.98 Å². The van der Waals surface area contributed by atoms with Crippen LogP contribution in [0.4, 0.5) is 5.69 Å². The van der Waals surface area contributed by atoms with Crippen LogP contribution in [0.3, 0.4) is 0 Å². The summed E-state index contributed by atoms with van der Waals surface area (Å²) >= 11 is 7.16. The fourth-order valence-electron chi connectivity index (χ4n) is 2.41. The average molecular weight is 370 g/mol. The number of benzene rings is 2. The maximum atomic E-state index is 12.2. The summed E-state index contributed by atoms with van der Waals surface area (Å²) in [5.41, 5.74) is 3.10. The van der Waals surface area contributed by atoms with Gasteiger partial charge in [0.1, 0.15) is 5.52 Å². The van der Waals surface area contributed by atoms with Crippen molar-refractivity contribution in [3.05, 3.63) is 63.8 Å². The van der Waals surface area contributed by atoms with Crippen LogP contribution in [0.15, 0.2) is 56.8 Å². The highest BCUT2D eigenvalue weighted by atomic mass is 35.5. The predicted molar refractivity (Wildman–Crippen MR) is 101 cm³/mol. The summed E-state index contributed by atoms with van der Waals surface area (Å²) in [6, 6.07) is 12.7. The van der Waals surface area contributed by atoms with Crippen molar-refractivity contribution < 1.29 is 9.21 Å². The molecule has 1 aromatic heterocycles. The third-order valence-corrected chi connectivity index (χ3v) is 4.69. The number of nitrogens with one attached hydrogen (secondary N) is 1. The lowest BCUT2D eigenvalue weighted by Gasteiger charge is -1.96. The Hall–Kier alpha value is -2.57. The minimum absolute atomic E-state index is 0.174. The van der Waals surface area contributed by atoms with E-state index in [4.69, 9.17) is 16.0 Å². The van der Waals surface area contributed by atoms with Crippen molar-refractivity contribution in [2.75, 3.05) is 0 Å². The summed E-state index contributed by atoms with van der Waals surface area (Å²) in [5, 5.41) is 3.95. The molecule has 3 aromatic rings. The largest absolute Gasteiger partial charge is 0.441 e. The topological polar surface area (TPSA) is 67.5 Å². The van der Waals surface area contributed by atoms with Crippen molar-refractivity contribution in [2.24, 2.45) is 4.99 Å². The molecular formula is C18H12ClN3O2S. The van der Waals surface area contributed by atoms with Crippen LogP contribution in [0, 0.1) is 6.92 Å². The van der Waals surface area contributed by atoms with Crippen molar-refractivity contribution in [3.8, 4) is 0 Å². The number of thioether (sulfide) groups is 1. The molecule has 1 aliphatic heterocycles. The number of aliphatic imine (C=N–C) groups is 1. The standard InChI is InChI=1S/C18H12ClN3O2S/c1-10-20-14-7-2-11(8-15(14)24-10)9-16-17(23)22-18(25-16)21-13-5-3-12(19)4-6-13/h2-9H,1H3,(H,21,22,23). The third-order valence-electron chi connectivity index (χ3n) is 3.53. The van der Waals surface area contributed by atoms with Crippen LogP contribution in [0.2, 0.25) is 5.02 Å². The molecule has 25 heavy (non-hydrogen) atoms. The lowest BCUT2D eigenvalue weighted by Crippen LogP contribution is -2.19. The molecule has 4 rings (SSSR count). The Morgan fingerprint density at radius 1 is 1.24 bits per heavy atom. The Bertz CT molecular complexity index is 1040. The maximum Gasteiger partial charge on any atom is 0.264 e. The van der Waals surface area contributed by atoms with Crippen LogP contribution in [0.1, 0.15) is 11.5 Å². The van der Waals surface area contributed by atoms with E-state index in [0.717, 1.165) is 16.8 Å². The van der Waals surface area contributed by atoms with Crippen LogP contribution < -0.4 is 5.32 Å². The number of fused-ring (bicyclic) bond motifs is 1. The molecule has 0 unspecified atom stereocenters. The second-order valence-electron chi connectivity index (χ2n) is 5.42. The number of nitrogens with zero attached hydrogens (tertiary/aromatic N) is 2. The molecule has 0 radical (unpaired) electrons. The molecule has 1 N–H and O–H groups in total. The third kappa shape index (κ3) is 3.45. The van der Waals surface area contributed by atoms with Crippen molar-refractivity contribution in [1.82, 2.24) is 10.3 Å². The van der Waals surface area contributed by atoms with E-state index in [1.807, 2.05) is 24.3 Å². The van der Waals surface area contributed by atoms with E-state index in [1.165, 1.54) is 11.8 Å². The number of oxazole rings is 1. The summed E-state index contributed by atoms with van der Waals surface area (Å²) in [6.45, 7) is 1.80. The predicted octanol–water partition coefficient (Wildman–Crippen LogP) is 4.68. The van der Waals surface area contributed by atoms with Gasteiger partial charge < -0.3 is 9.73 Å². The van der Waals surface area contributed by atoms with Gasteiger partial charge in [0.05, 0.1) is 10.6 Å². The second-order valence-corrected chi connectivity index (χ2v) is 6.89. The molecule has 1 fully saturated rings. The van der Waals surface area contributed by atoms with Crippen molar-refractivity contribution in [2.45, 2.75) is 6.92 Å². The summed E-state index contributed by atoms with van der Waals surface area (Å²) < 4.78 is 5.53. The Labute approximate surface area is 152 Å². The molecule has 5 nitrogen and oxygen atoms in total. The van der Waals surface area contributed by atoms with Crippen molar-refractivity contribution >= 4 is 57.3 Å². The van der Waals surface area contributed by atoms with Crippen LogP contribution in [-0.2, 0) is 4.79 Å². The molecule has 124 valence electrons. The minimum Gasteiger partial charge on any atom is -0.441 e. The highest BCUT2D eigenvalue weighted by Crippen LogP contribution is 2.29. The van der Waals surface area contributed by atoms with Gasteiger partial charge in [-0.15, -0.1) is 0 Å². The van der Waals surface area contributed by atoms with E-state index < -0.39 is 0 Å². The average Bonchev–Trinajstić information content (AvgIpc) is 3.11. The molecule has 0 atom stereocenters. The summed E-state index contributed by atoms with van der Waals surface area (Å²) in [7, 11) is 0. The molecule has 7 heteroatoms. The molecule has 0 aliphatic carbocycles. The number of aromatic nitrogens is 1. The number of hydrogen-bond acceptors (Lipinski definition) is 5. The second kappa shape index (κ2) is 6.38. The van der Waals surface area contributed by atoms with E-state index in [1.54, 1.807) is 31.2 Å². The lowest BCUT2D eigenvalue weighted by molar-refractivity contribution is -0.115. The molecule has 2 aromatic carbocycles. The zero-order valence-electron chi connectivity index (χ0n) is 13.1. The Morgan fingerprint density at radius 3 is 2.84 bits per heavy atom. The van der Waals surface area contributed by atoms with Gasteiger partial charge in [-0.2, -0.15) is 0 Å². The number of amidine groups is 1. The number of hydrogen-bond donors (Lipinski definition) is 1. The van der Waals surface area contributed by atoms with Crippen LogP contribution in [0.25, 0.3) is 17.2 Å². The monoisotopic (exact) mass is 369 g/mol. The number of carbonyl (C=O) groups excluding carboxylic acids is 1. The van der Waals surface area contributed by atoms with Gasteiger partial charge in [0.2, 0.25) is 0 Å². The zero-order chi connectivity index (χ0) is 17.4. The molecule has 2 heterocycles. The number of aryl methyl sites for hydroxylation is 1. The highest BCUT2D eigenvalue weighted by Gasteiger charge is 2.23. The Kier molecular flexibility index (Phi) is 4.07. The van der Waals surface area contributed by atoms with Crippen LogP contribution in [-0.4, -0.2) is 16.1 Å². The number of amides is 1. The van der Waals surface area contributed by atoms with E-state index in [-0.39, 0.29) is 5.91 Å². The Balaban J connectivity index is 1.60. The fourth-order valence-corrected chi connectivity index (χ4v) is 3.38. The smallest absolute Gasteiger partial charge is 0.264 e. The van der Waals surface area contributed by atoms with E-state index in [9.17, 15) is 4.79 Å². The van der Waals surface area contributed by atoms with Gasteiger partial charge >= 0.3 is 0 Å². The summed E-state index contributed by atoms with van der Waals surface area (Å²) in [6.07, 6.45) is 1.81. The number of halogens is 1. The van der Waals surface area contributed by atoms with Crippen LogP contribution in [0.5, 0.6) is 0 Å². The van der Waals surface area contributed by atoms with E-state index >= 15 is 0 Å². The lowest BCUT2D eigenvalue weighted by atomic mass is 10.2. The summed E-state index contributed by atoms with van der Waals surface area (Å²) in [4.78, 5) is 21.4. The first-order valence-electron chi connectivity index (χ1n) is 7.49. The molecule has 0 bridgehead atoms. The van der Waals surface area contributed by atoms with Gasteiger partial charge in [-0.05, 0) is 59.8 Å². The fraction of sp³-hybridized carbons (Fsp3) is 0.0556. The first-order valence-corrected chi connectivity index (χ1v) is 8.69. The van der Waals surface area contributed by atoms with Gasteiger partial charge in [0.15, 0.2) is 16.6 Å². The van der Waals surface area contributed by atoms with Crippen molar-refractivity contribution in [3.63, 3.8) is 0 Å². The Morgan fingerprint density at radius 2 is 2.04 bits per heavy atom. The van der Waals surface area contributed by atoms with E-state index in [2.05, 4.69) is 15.3 Å². The molecular weight excluding hydrogens is 358 g/mol. The first kappa shape index (κ1) is 15.9. The summed E-state index contributed by atoms with van der Waals surface area (Å²) in [5.74, 6) is 0.441. The van der Waals surface area contributed by atoms with Crippen molar-refractivity contribution in [1.29, 1.82) is 0 Å². The normalized spacial score (nSPS) is 17.6. The molecule has 1 amide bonds. The van der Waals surface area contributed by atoms with Gasteiger partial charge in [0, 0.05) is 11.9 Å². The number of carbonyl (C=O) groups is 1. The minimum atomic E-state index is -0.174.